The molecule has 0 aliphatic rings. The van der Waals surface area contributed by atoms with E-state index in [1.807, 2.05) is 18.2 Å². The van der Waals surface area contributed by atoms with E-state index < -0.39 is 0 Å². The Morgan fingerprint density at radius 1 is 1.33 bits per heavy atom. The molecule has 1 atom stereocenters. The summed E-state index contributed by atoms with van der Waals surface area (Å²) >= 11 is 1.74. The molecule has 12 heavy (non-hydrogen) atoms. The Kier molecular flexibility index (Phi) is 4.19. The zero-order chi connectivity index (χ0) is 8.81. The van der Waals surface area contributed by atoms with Crippen LogP contribution in [0.5, 0.6) is 0 Å². The van der Waals surface area contributed by atoms with Crippen LogP contribution in [0.2, 0.25) is 0 Å². The van der Waals surface area contributed by atoms with Crippen LogP contribution in [-0.2, 0) is 0 Å². The van der Waals surface area contributed by atoms with Gasteiger partial charge < -0.3 is 5.11 Å². The Balaban J connectivity index is 2.51. The predicted octanol–water partition coefficient (Wildman–Crippen LogP) is 2.55. The fraction of sp³-hybridized carbons (Fsp3) is 0.400. The molecular formula is C10H14OS. The fourth-order valence-corrected chi connectivity index (χ4v) is 1.88. The van der Waals surface area contributed by atoms with Crippen LogP contribution in [0.3, 0.4) is 0 Å². The molecule has 2 heteroatoms. The molecule has 0 amide bonds. The minimum absolute atomic E-state index is 0.260. The molecule has 0 unspecified atom stereocenters. The van der Waals surface area contributed by atoms with Crippen molar-refractivity contribution in [3.63, 3.8) is 0 Å². The summed E-state index contributed by atoms with van der Waals surface area (Å²) in [6, 6.07) is 10.2. The minimum atomic E-state index is 0.260. The van der Waals surface area contributed by atoms with Crippen LogP contribution >= 0.6 is 11.8 Å². The minimum Gasteiger partial charge on any atom is -0.395 e. The average Bonchev–Trinajstić information content (AvgIpc) is 2.16. The molecule has 0 aromatic heterocycles. The van der Waals surface area contributed by atoms with Crippen molar-refractivity contribution in [1.82, 2.24) is 0 Å². The van der Waals surface area contributed by atoms with Crippen molar-refractivity contribution >= 4 is 11.8 Å². The van der Waals surface area contributed by atoms with Gasteiger partial charge in [-0.15, -0.1) is 11.8 Å². The van der Waals surface area contributed by atoms with Gasteiger partial charge in [-0.25, -0.2) is 0 Å². The lowest BCUT2D eigenvalue weighted by molar-refractivity contribution is 0.292. The monoisotopic (exact) mass is 182 g/mol. The van der Waals surface area contributed by atoms with Crippen molar-refractivity contribution in [2.75, 3.05) is 6.61 Å². The topological polar surface area (TPSA) is 20.2 Å². The summed E-state index contributed by atoms with van der Waals surface area (Å²) in [6.07, 6.45) is 1.01. The second-order valence-corrected chi connectivity index (χ2v) is 4.02. The van der Waals surface area contributed by atoms with Crippen LogP contribution in [0.1, 0.15) is 13.3 Å². The number of aliphatic hydroxyl groups is 1. The summed E-state index contributed by atoms with van der Waals surface area (Å²) < 4.78 is 0. The van der Waals surface area contributed by atoms with Crippen molar-refractivity contribution in [2.24, 2.45) is 0 Å². The Hall–Kier alpha value is -0.470. The molecule has 0 heterocycles. The summed E-state index contributed by atoms with van der Waals surface area (Å²) in [6.45, 7) is 2.35. The molecule has 1 aromatic carbocycles. The van der Waals surface area contributed by atoms with Gasteiger partial charge >= 0.3 is 0 Å². The van der Waals surface area contributed by atoms with E-state index in [-0.39, 0.29) is 6.61 Å². The Morgan fingerprint density at radius 3 is 2.50 bits per heavy atom. The molecule has 0 aliphatic carbocycles. The highest BCUT2D eigenvalue weighted by atomic mass is 32.2. The van der Waals surface area contributed by atoms with Crippen molar-refractivity contribution in [1.29, 1.82) is 0 Å². The molecule has 0 saturated heterocycles. The van der Waals surface area contributed by atoms with Gasteiger partial charge in [-0.1, -0.05) is 25.1 Å². The molecule has 1 N–H and O–H groups in total. The highest BCUT2D eigenvalue weighted by Crippen LogP contribution is 2.24. The summed E-state index contributed by atoms with van der Waals surface area (Å²) in [5, 5.41) is 9.31. The molecule has 0 radical (unpaired) electrons. The van der Waals surface area contributed by atoms with Gasteiger partial charge in [0.05, 0.1) is 6.61 Å². The maximum atomic E-state index is 8.97. The average molecular weight is 182 g/mol. The van der Waals surface area contributed by atoms with Crippen LogP contribution in [0.4, 0.5) is 0 Å². The Labute approximate surface area is 77.8 Å². The molecule has 0 bridgehead atoms. The molecule has 0 spiro atoms. The molecule has 1 aromatic rings. The second kappa shape index (κ2) is 5.22. The lowest BCUT2D eigenvalue weighted by Gasteiger charge is -2.10. The zero-order valence-corrected chi connectivity index (χ0v) is 8.05. The van der Waals surface area contributed by atoms with Gasteiger partial charge in [-0.3, -0.25) is 0 Å². The molecule has 1 rings (SSSR count). The smallest absolute Gasteiger partial charge is 0.0553 e. The Morgan fingerprint density at radius 2 is 2.00 bits per heavy atom. The summed E-state index contributed by atoms with van der Waals surface area (Å²) in [4.78, 5) is 1.23. The van der Waals surface area contributed by atoms with E-state index in [2.05, 4.69) is 19.1 Å². The third-order valence-corrected chi connectivity index (χ3v) is 3.07. The van der Waals surface area contributed by atoms with Crippen LogP contribution in [0.15, 0.2) is 35.2 Å². The van der Waals surface area contributed by atoms with E-state index in [0.717, 1.165) is 6.42 Å². The quantitative estimate of drug-likeness (QED) is 0.722. The van der Waals surface area contributed by atoms with Crippen LogP contribution in [0, 0.1) is 0 Å². The molecule has 1 nitrogen and oxygen atoms in total. The Bertz CT molecular complexity index is 206. The van der Waals surface area contributed by atoms with Crippen LogP contribution in [-0.4, -0.2) is 17.0 Å². The largest absolute Gasteiger partial charge is 0.395 e. The normalized spacial score (nSPS) is 12.8. The number of benzene rings is 1. The van der Waals surface area contributed by atoms with E-state index in [1.165, 1.54) is 4.90 Å². The SMILES string of the molecule is CC[C@@H](CO)Sc1ccccc1. The molecule has 0 saturated carbocycles. The van der Waals surface area contributed by atoms with E-state index in [9.17, 15) is 0 Å². The van der Waals surface area contributed by atoms with Gasteiger partial charge in [-0.05, 0) is 18.6 Å². The van der Waals surface area contributed by atoms with Gasteiger partial charge in [0.1, 0.15) is 0 Å². The lowest BCUT2D eigenvalue weighted by atomic mass is 10.3. The van der Waals surface area contributed by atoms with Gasteiger partial charge in [0.25, 0.3) is 0 Å². The van der Waals surface area contributed by atoms with Gasteiger partial charge in [0.15, 0.2) is 0 Å². The molecule has 66 valence electrons. The number of rotatable bonds is 4. The van der Waals surface area contributed by atoms with Crippen molar-refractivity contribution in [2.45, 2.75) is 23.5 Å². The van der Waals surface area contributed by atoms with Crippen molar-refractivity contribution in [3.8, 4) is 0 Å². The summed E-state index contributed by atoms with van der Waals surface area (Å²) in [7, 11) is 0. The van der Waals surface area contributed by atoms with Crippen molar-refractivity contribution in [3.05, 3.63) is 30.3 Å². The first-order valence-corrected chi connectivity index (χ1v) is 5.07. The second-order valence-electron chi connectivity index (χ2n) is 2.64. The predicted molar refractivity (Wildman–Crippen MR) is 53.5 cm³/mol. The van der Waals surface area contributed by atoms with E-state index in [0.29, 0.717) is 5.25 Å². The maximum absolute atomic E-state index is 8.97. The van der Waals surface area contributed by atoms with Crippen LogP contribution < -0.4 is 0 Å². The van der Waals surface area contributed by atoms with Crippen LogP contribution in [0.25, 0.3) is 0 Å². The van der Waals surface area contributed by atoms with E-state index in [4.69, 9.17) is 5.11 Å². The fourth-order valence-electron chi connectivity index (χ4n) is 0.941. The highest BCUT2D eigenvalue weighted by Gasteiger charge is 2.04. The van der Waals surface area contributed by atoms with E-state index >= 15 is 0 Å². The first kappa shape index (κ1) is 9.62. The third-order valence-electron chi connectivity index (χ3n) is 1.70. The maximum Gasteiger partial charge on any atom is 0.0553 e. The first-order valence-electron chi connectivity index (χ1n) is 4.19. The summed E-state index contributed by atoms with van der Waals surface area (Å²) in [5.74, 6) is 0. The number of thioether (sulfide) groups is 1. The van der Waals surface area contributed by atoms with E-state index in [1.54, 1.807) is 11.8 Å². The molecule has 0 fully saturated rings. The molecule has 0 aliphatic heterocycles. The number of aliphatic hydroxyl groups excluding tert-OH is 1. The standard InChI is InChI=1S/C10H14OS/c1-2-9(8-11)12-10-6-4-3-5-7-10/h3-7,9,11H,2,8H2,1H3/t9-/m0/s1. The van der Waals surface area contributed by atoms with Gasteiger partial charge in [0, 0.05) is 10.1 Å². The highest BCUT2D eigenvalue weighted by molar-refractivity contribution is 8.00. The van der Waals surface area contributed by atoms with Gasteiger partial charge in [0.2, 0.25) is 0 Å². The first-order chi connectivity index (χ1) is 5.86. The number of hydrogen-bond acceptors (Lipinski definition) is 2. The molecular weight excluding hydrogens is 168 g/mol. The summed E-state index contributed by atoms with van der Waals surface area (Å²) in [5.41, 5.74) is 0. The lowest BCUT2D eigenvalue weighted by Crippen LogP contribution is -2.05. The third kappa shape index (κ3) is 2.88. The van der Waals surface area contributed by atoms with Gasteiger partial charge in [-0.2, -0.15) is 0 Å². The number of hydrogen-bond donors (Lipinski definition) is 1. The van der Waals surface area contributed by atoms with Crippen molar-refractivity contribution < 1.29 is 5.11 Å². The zero-order valence-electron chi connectivity index (χ0n) is 7.23.